The Labute approximate surface area is 109 Å². The van der Waals surface area contributed by atoms with Crippen LogP contribution in [0.15, 0.2) is 6.20 Å². The van der Waals surface area contributed by atoms with Crippen LogP contribution in [0.5, 0.6) is 0 Å². The maximum absolute atomic E-state index is 11.5. The summed E-state index contributed by atoms with van der Waals surface area (Å²) in [7, 11) is -2.86. The third-order valence-corrected chi connectivity index (χ3v) is 4.87. The summed E-state index contributed by atoms with van der Waals surface area (Å²) < 4.78 is 25.1. The monoisotopic (exact) mass is 271 g/mol. The van der Waals surface area contributed by atoms with E-state index in [-0.39, 0.29) is 11.8 Å². The largest absolute Gasteiger partial charge is 0.355 e. The van der Waals surface area contributed by atoms with Crippen molar-refractivity contribution in [1.29, 1.82) is 0 Å². The Balaban J connectivity index is 2.17. The van der Waals surface area contributed by atoms with E-state index in [2.05, 4.69) is 24.1 Å². The summed E-state index contributed by atoms with van der Waals surface area (Å²) in [5.74, 6) is 1.85. The molecule has 1 aromatic heterocycles. The first-order valence-electron chi connectivity index (χ1n) is 6.37. The molecule has 0 aromatic carbocycles. The highest BCUT2D eigenvalue weighted by atomic mass is 32.2. The predicted molar refractivity (Wildman–Crippen MR) is 72.6 cm³/mol. The second kappa shape index (κ2) is 4.91. The number of nitrogens with zero attached hydrogens (tertiary/aromatic N) is 2. The fourth-order valence-electron chi connectivity index (χ4n) is 2.22. The molecule has 1 unspecified atom stereocenters. The molecule has 0 radical (unpaired) electrons. The molecule has 2 rings (SSSR count). The number of hydrogen-bond donors (Lipinski definition) is 1. The third-order valence-electron chi connectivity index (χ3n) is 3.12. The minimum Gasteiger partial charge on any atom is -0.355 e. The zero-order valence-electron chi connectivity index (χ0n) is 11.2. The van der Waals surface area contributed by atoms with Crippen LogP contribution in [0.4, 0.5) is 5.95 Å². The first kappa shape index (κ1) is 13.4. The van der Waals surface area contributed by atoms with Crippen molar-refractivity contribution in [2.45, 2.75) is 33.2 Å². The quantitative estimate of drug-likeness (QED) is 0.904. The highest BCUT2D eigenvalue weighted by molar-refractivity contribution is 7.91. The fraction of sp³-hybridized carbons (Fsp3) is 0.750. The molecule has 1 N–H and O–H groups in total. The van der Waals surface area contributed by atoms with Crippen LogP contribution in [-0.4, -0.2) is 36.0 Å². The lowest BCUT2D eigenvalue weighted by Crippen LogP contribution is -2.16. The van der Waals surface area contributed by atoms with Gasteiger partial charge in [-0.15, -0.1) is 0 Å². The SMILES string of the molecule is Cc1cn(C2CCS(=O)(=O)C2)c(NCC(C)C)n1. The molecule has 0 aliphatic carbocycles. The predicted octanol–water partition coefficient (Wildman–Crippen LogP) is 1.62. The molecule has 1 saturated heterocycles. The van der Waals surface area contributed by atoms with Crippen molar-refractivity contribution >= 4 is 15.8 Å². The molecule has 1 aromatic rings. The molecular weight excluding hydrogens is 250 g/mol. The van der Waals surface area contributed by atoms with Crippen LogP contribution in [-0.2, 0) is 9.84 Å². The maximum Gasteiger partial charge on any atom is 0.203 e. The van der Waals surface area contributed by atoms with E-state index in [1.54, 1.807) is 0 Å². The average Bonchev–Trinajstić information content (AvgIpc) is 2.78. The molecule has 1 aliphatic rings. The number of sulfone groups is 1. The van der Waals surface area contributed by atoms with Gasteiger partial charge in [0.15, 0.2) is 9.84 Å². The Kier molecular flexibility index (Phi) is 3.66. The van der Waals surface area contributed by atoms with Gasteiger partial charge in [-0.05, 0) is 19.3 Å². The summed E-state index contributed by atoms with van der Waals surface area (Å²) in [6, 6.07) is 0.0332. The van der Waals surface area contributed by atoms with E-state index >= 15 is 0 Å². The lowest BCUT2D eigenvalue weighted by molar-refractivity contribution is 0.555. The molecule has 0 bridgehead atoms. The summed E-state index contributed by atoms with van der Waals surface area (Å²) in [6.45, 7) is 7.04. The number of anilines is 1. The molecule has 2 heterocycles. The molecule has 0 spiro atoms. The molecule has 0 saturated carbocycles. The van der Waals surface area contributed by atoms with Gasteiger partial charge in [-0.3, -0.25) is 0 Å². The van der Waals surface area contributed by atoms with Gasteiger partial charge in [0.1, 0.15) is 0 Å². The maximum atomic E-state index is 11.5. The van der Waals surface area contributed by atoms with Crippen LogP contribution in [0.1, 0.15) is 32.0 Å². The Morgan fingerprint density at radius 2 is 2.28 bits per heavy atom. The van der Waals surface area contributed by atoms with E-state index in [1.807, 2.05) is 17.7 Å². The van der Waals surface area contributed by atoms with Crippen LogP contribution in [0, 0.1) is 12.8 Å². The van der Waals surface area contributed by atoms with Crippen LogP contribution in [0.2, 0.25) is 0 Å². The first-order valence-corrected chi connectivity index (χ1v) is 8.19. The number of hydrogen-bond acceptors (Lipinski definition) is 4. The molecule has 1 fully saturated rings. The summed E-state index contributed by atoms with van der Waals surface area (Å²) in [6.07, 6.45) is 2.63. The lowest BCUT2D eigenvalue weighted by atomic mass is 10.2. The molecule has 1 aliphatic heterocycles. The summed E-state index contributed by atoms with van der Waals surface area (Å²) in [4.78, 5) is 4.43. The zero-order valence-corrected chi connectivity index (χ0v) is 12.0. The highest BCUT2D eigenvalue weighted by Gasteiger charge is 2.30. The molecule has 18 heavy (non-hydrogen) atoms. The average molecular weight is 271 g/mol. The Hall–Kier alpha value is -1.04. The molecule has 0 amide bonds. The van der Waals surface area contributed by atoms with Gasteiger partial charge in [0.2, 0.25) is 5.95 Å². The van der Waals surface area contributed by atoms with E-state index in [0.717, 1.165) is 18.2 Å². The number of imidazole rings is 1. The van der Waals surface area contributed by atoms with Crippen molar-refractivity contribution in [2.75, 3.05) is 23.4 Å². The van der Waals surface area contributed by atoms with Gasteiger partial charge in [-0.2, -0.15) is 0 Å². The van der Waals surface area contributed by atoms with Gasteiger partial charge in [0, 0.05) is 12.7 Å². The Morgan fingerprint density at radius 1 is 1.56 bits per heavy atom. The van der Waals surface area contributed by atoms with Crippen molar-refractivity contribution < 1.29 is 8.42 Å². The van der Waals surface area contributed by atoms with Crippen LogP contribution < -0.4 is 5.32 Å². The Morgan fingerprint density at radius 3 is 2.83 bits per heavy atom. The van der Waals surface area contributed by atoms with Crippen LogP contribution in [0.3, 0.4) is 0 Å². The first-order chi connectivity index (χ1) is 8.37. The number of aromatic nitrogens is 2. The van der Waals surface area contributed by atoms with Gasteiger partial charge in [0.05, 0.1) is 23.2 Å². The minimum absolute atomic E-state index is 0.0332. The standard InChI is InChI=1S/C12H21N3O2S/c1-9(2)6-13-12-14-10(3)7-15(12)11-4-5-18(16,17)8-11/h7,9,11H,4-6,8H2,1-3H3,(H,13,14). The van der Waals surface area contributed by atoms with Crippen molar-refractivity contribution in [1.82, 2.24) is 9.55 Å². The van der Waals surface area contributed by atoms with E-state index < -0.39 is 9.84 Å². The normalized spacial score (nSPS) is 22.6. The number of aryl methyl sites for hydroxylation is 1. The van der Waals surface area contributed by atoms with Gasteiger partial charge in [0.25, 0.3) is 0 Å². The minimum atomic E-state index is -2.86. The topological polar surface area (TPSA) is 64.0 Å². The smallest absolute Gasteiger partial charge is 0.203 e. The van der Waals surface area contributed by atoms with Crippen LogP contribution >= 0.6 is 0 Å². The van der Waals surface area contributed by atoms with Gasteiger partial charge in [-0.25, -0.2) is 13.4 Å². The summed E-state index contributed by atoms with van der Waals surface area (Å²) in [5.41, 5.74) is 0.922. The second-order valence-corrected chi connectivity index (χ2v) is 7.67. The molecule has 5 nitrogen and oxygen atoms in total. The Bertz CT molecular complexity index is 519. The molecular formula is C12H21N3O2S. The number of nitrogens with one attached hydrogen (secondary N) is 1. The van der Waals surface area contributed by atoms with E-state index in [4.69, 9.17) is 0 Å². The van der Waals surface area contributed by atoms with Crippen LogP contribution in [0.25, 0.3) is 0 Å². The van der Waals surface area contributed by atoms with E-state index in [9.17, 15) is 8.42 Å². The van der Waals surface area contributed by atoms with Crippen molar-refractivity contribution in [2.24, 2.45) is 5.92 Å². The van der Waals surface area contributed by atoms with E-state index in [0.29, 0.717) is 18.1 Å². The van der Waals surface area contributed by atoms with Gasteiger partial charge >= 0.3 is 0 Å². The molecule has 1 atom stereocenters. The van der Waals surface area contributed by atoms with Gasteiger partial charge < -0.3 is 9.88 Å². The summed E-state index contributed by atoms with van der Waals surface area (Å²) >= 11 is 0. The lowest BCUT2D eigenvalue weighted by Gasteiger charge is -2.15. The van der Waals surface area contributed by atoms with Gasteiger partial charge in [-0.1, -0.05) is 13.8 Å². The third kappa shape index (κ3) is 3.04. The molecule has 102 valence electrons. The van der Waals surface area contributed by atoms with Crippen molar-refractivity contribution in [3.05, 3.63) is 11.9 Å². The zero-order chi connectivity index (χ0) is 13.3. The summed E-state index contributed by atoms with van der Waals surface area (Å²) in [5, 5.41) is 3.29. The second-order valence-electron chi connectivity index (χ2n) is 5.44. The van der Waals surface area contributed by atoms with Crippen molar-refractivity contribution in [3.63, 3.8) is 0 Å². The van der Waals surface area contributed by atoms with Crippen molar-refractivity contribution in [3.8, 4) is 0 Å². The molecule has 6 heteroatoms. The highest BCUT2D eigenvalue weighted by Crippen LogP contribution is 2.27. The number of rotatable bonds is 4. The van der Waals surface area contributed by atoms with E-state index in [1.165, 1.54) is 0 Å². The fourth-order valence-corrected chi connectivity index (χ4v) is 3.93.